The molecule has 4 aromatic rings. The summed E-state index contributed by atoms with van der Waals surface area (Å²) in [5.41, 5.74) is 1.37. The molecule has 0 spiro atoms. The van der Waals surface area contributed by atoms with Crippen LogP contribution in [0.1, 0.15) is 33.7 Å². The van der Waals surface area contributed by atoms with Gasteiger partial charge in [-0.05, 0) is 48.6 Å². The fraction of sp³-hybridized carbons (Fsp3) is 0.292. The Morgan fingerprint density at radius 3 is 2.73 bits per heavy atom. The van der Waals surface area contributed by atoms with Crippen LogP contribution in [0.3, 0.4) is 0 Å². The summed E-state index contributed by atoms with van der Waals surface area (Å²) in [5, 5.41) is 3.95. The summed E-state index contributed by atoms with van der Waals surface area (Å²) in [6, 6.07) is 11.3. The van der Waals surface area contributed by atoms with Gasteiger partial charge in [0, 0.05) is 23.7 Å². The van der Waals surface area contributed by atoms with E-state index in [9.17, 15) is 18.0 Å². The third-order valence-corrected chi connectivity index (χ3v) is 7.16. The van der Waals surface area contributed by atoms with Gasteiger partial charge >= 0.3 is 6.18 Å². The number of fused-ring (bicyclic) bond motifs is 3. The number of alkyl halides is 3. The number of halogens is 3. The lowest BCUT2D eigenvalue weighted by Crippen LogP contribution is -2.34. The van der Waals surface area contributed by atoms with E-state index < -0.39 is 11.7 Å². The second-order valence-electron chi connectivity index (χ2n) is 8.16. The molecular weight excluding hydrogens is 449 g/mol. The maximum atomic E-state index is 13.3. The smallest absolute Gasteiger partial charge is 0.310 e. The van der Waals surface area contributed by atoms with Crippen molar-refractivity contribution in [1.82, 2.24) is 19.9 Å². The van der Waals surface area contributed by atoms with Crippen LogP contribution in [0.2, 0.25) is 0 Å². The van der Waals surface area contributed by atoms with Crippen molar-refractivity contribution in [2.45, 2.75) is 44.6 Å². The minimum Gasteiger partial charge on any atom is -0.310 e. The maximum Gasteiger partial charge on any atom is 0.416 e. The van der Waals surface area contributed by atoms with Crippen LogP contribution < -0.4 is 10.9 Å². The number of aryl methyl sites for hydroxylation is 1. The van der Waals surface area contributed by atoms with Gasteiger partial charge in [-0.2, -0.15) is 13.2 Å². The molecule has 0 saturated heterocycles. The monoisotopic (exact) mass is 470 g/mol. The summed E-state index contributed by atoms with van der Waals surface area (Å²) < 4.78 is 41.4. The number of pyridine rings is 1. The largest absolute Gasteiger partial charge is 0.416 e. The number of hydrogen-bond acceptors (Lipinski definition) is 5. The van der Waals surface area contributed by atoms with Crippen molar-refractivity contribution in [1.29, 1.82) is 0 Å². The normalized spacial score (nSPS) is 16.2. The Morgan fingerprint density at radius 2 is 1.94 bits per heavy atom. The lowest BCUT2D eigenvalue weighted by molar-refractivity contribution is -0.138. The summed E-state index contributed by atoms with van der Waals surface area (Å²) in [7, 11) is 0. The van der Waals surface area contributed by atoms with E-state index in [0.717, 1.165) is 28.6 Å². The van der Waals surface area contributed by atoms with Gasteiger partial charge in [0.25, 0.3) is 5.56 Å². The van der Waals surface area contributed by atoms with E-state index in [0.29, 0.717) is 29.6 Å². The third-order valence-electron chi connectivity index (χ3n) is 6.00. The number of rotatable bonds is 5. The highest BCUT2D eigenvalue weighted by molar-refractivity contribution is 7.18. The van der Waals surface area contributed by atoms with Crippen molar-refractivity contribution in [2.24, 2.45) is 0 Å². The Morgan fingerprint density at radius 1 is 1.12 bits per heavy atom. The van der Waals surface area contributed by atoms with Crippen LogP contribution in [0.5, 0.6) is 0 Å². The van der Waals surface area contributed by atoms with Crippen molar-refractivity contribution < 1.29 is 13.2 Å². The van der Waals surface area contributed by atoms with E-state index in [1.54, 1.807) is 23.2 Å². The minimum atomic E-state index is -4.37. The maximum absolute atomic E-state index is 13.3. The molecule has 0 fully saturated rings. The molecular formula is C24H21F3N4OS. The van der Waals surface area contributed by atoms with Crippen LogP contribution in [0.15, 0.2) is 59.8 Å². The van der Waals surface area contributed by atoms with E-state index in [2.05, 4.69) is 15.3 Å². The first-order valence-electron chi connectivity index (χ1n) is 10.7. The van der Waals surface area contributed by atoms with Crippen LogP contribution in [-0.2, 0) is 32.1 Å². The quantitative estimate of drug-likeness (QED) is 0.464. The molecule has 5 rings (SSSR count). The van der Waals surface area contributed by atoms with Gasteiger partial charge in [0.15, 0.2) is 0 Å². The number of benzene rings is 1. The molecule has 1 aliphatic rings. The molecule has 3 heterocycles. The Kier molecular flexibility index (Phi) is 5.76. The van der Waals surface area contributed by atoms with Crippen LogP contribution in [0.4, 0.5) is 13.2 Å². The van der Waals surface area contributed by atoms with Gasteiger partial charge in [0.05, 0.1) is 29.5 Å². The van der Waals surface area contributed by atoms with Crippen molar-refractivity contribution in [2.75, 3.05) is 0 Å². The van der Waals surface area contributed by atoms with E-state index in [-0.39, 0.29) is 23.7 Å². The highest BCUT2D eigenvalue weighted by Crippen LogP contribution is 2.35. The zero-order chi connectivity index (χ0) is 23.0. The molecule has 3 aromatic heterocycles. The summed E-state index contributed by atoms with van der Waals surface area (Å²) in [5.74, 6) is 0. The molecule has 0 saturated carbocycles. The van der Waals surface area contributed by atoms with Crippen LogP contribution >= 0.6 is 11.3 Å². The molecule has 1 N–H and O–H groups in total. The van der Waals surface area contributed by atoms with E-state index >= 15 is 0 Å². The number of aromatic nitrogens is 3. The van der Waals surface area contributed by atoms with Gasteiger partial charge in [-0.3, -0.25) is 14.3 Å². The number of hydrogen-bond donors (Lipinski definition) is 1. The molecule has 1 aliphatic carbocycles. The predicted molar refractivity (Wildman–Crippen MR) is 121 cm³/mol. The second kappa shape index (κ2) is 8.72. The SMILES string of the molecule is O=c1c2c3c(sc2ncn1Cc1ccccn1)CC(NCc1ccccc1C(F)(F)F)CC3. The first-order chi connectivity index (χ1) is 15.9. The van der Waals surface area contributed by atoms with Gasteiger partial charge in [-0.15, -0.1) is 11.3 Å². The fourth-order valence-electron chi connectivity index (χ4n) is 4.36. The molecule has 0 radical (unpaired) electrons. The first kappa shape index (κ1) is 21.8. The zero-order valence-electron chi connectivity index (χ0n) is 17.6. The highest BCUT2D eigenvalue weighted by Gasteiger charge is 2.33. The van der Waals surface area contributed by atoms with Crippen LogP contribution in [0, 0.1) is 0 Å². The molecule has 1 atom stereocenters. The lowest BCUT2D eigenvalue weighted by atomic mass is 9.92. The summed E-state index contributed by atoms with van der Waals surface area (Å²) in [6.45, 7) is 0.506. The Balaban J connectivity index is 1.35. The van der Waals surface area contributed by atoms with E-state index in [4.69, 9.17) is 0 Å². The average Bonchev–Trinajstić information content (AvgIpc) is 3.18. The second-order valence-corrected chi connectivity index (χ2v) is 9.24. The number of thiophene rings is 1. The van der Waals surface area contributed by atoms with Crippen LogP contribution in [0.25, 0.3) is 10.2 Å². The van der Waals surface area contributed by atoms with Crippen molar-refractivity contribution in [3.63, 3.8) is 0 Å². The Hall–Kier alpha value is -3.04. The number of nitrogens with zero attached hydrogens (tertiary/aromatic N) is 3. The summed E-state index contributed by atoms with van der Waals surface area (Å²) >= 11 is 1.50. The van der Waals surface area contributed by atoms with Gasteiger partial charge in [0.1, 0.15) is 4.83 Å². The lowest BCUT2D eigenvalue weighted by Gasteiger charge is -2.24. The molecule has 0 amide bonds. The molecule has 9 heteroatoms. The number of nitrogens with one attached hydrogen (secondary N) is 1. The van der Waals surface area contributed by atoms with Crippen molar-refractivity contribution in [3.8, 4) is 0 Å². The molecule has 5 nitrogen and oxygen atoms in total. The van der Waals surface area contributed by atoms with Gasteiger partial charge in [-0.1, -0.05) is 24.3 Å². The van der Waals surface area contributed by atoms with Crippen molar-refractivity contribution >= 4 is 21.6 Å². The Bertz CT molecular complexity index is 1350. The molecule has 1 aromatic carbocycles. The van der Waals surface area contributed by atoms with Gasteiger partial charge in [0.2, 0.25) is 0 Å². The average molecular weight is 471 g/mol. The van der Waals surface area contributed by atoms with Gasteiger partial charge in [-0.25, -0.2) is 4.98 Å². The molecule has 1 unspecified atom stereocenters. The fourth-order valence-corrected chi connectivity index (χ4v) is 5.62. The minimum absolute atomic E-state index is 0.0441. The standard InChI is InChI=1S/C24H21F3N4OS/c25-24(26,27)19-7-2-1-5-15(19)12-29-16-8-9-18-20(11-16)33-22-21(18)23(32)31(14-30-22)13-17-6-3-4-10-28-17/h1-7,10,14,16,29H,8-9,11-13H2. The van der Waals surface area contributed by atoms with E-state index in [1.165, 1.54) is 23.5 Å². The topological polar surface area (TPSA) is 59.8 Å². The highest BCUT2D eigenvalue weighted by atomic mass is 32.1. The summed E-state index contributed by atoms with van der Waals surface area (Å²) in [4.78, 5) is 23.8. The Labute approximate surface area is 191 Å². The predicted octanol–water partition coefficient (Wildman–Crippen LogP) is 4.57. The summed E-state index contributed by atoms with van der Waals surface area (Å²) in [6.07, 6.45) is 0.999. The molecule has 0 aliphatic heterocycles. The van der Waals surface area contributed by atoms with E-state index in [1.807, 2.05) is 18.2 Å². The van der Waals surface area contributed by atoms with Crippen molar-refractivity contribution in [3.05, 3.63) is 92.6 Å². The first-order valence-corrected chi connectivity index (χ1v) is 11.5. The third kappa shape index (κ3) is 4.43. The van der Waals surface area contributed by atoms with Crippen LogP contribution in [-0.4, -0.2) is 20.6 Å². The zero-order valence-corrected chi connectivity index (χ0v) is 18.4. The van der Waals surface area contributed by atoms with Gasteiger partial charge < -0.3 is 5.32 Å². The molecule has 170 valence electrons. The molecule has 0 bridgehead atoms. The molecule has 33 heavy (non-hydrogen) atoms.